The zero-order valence-corrected chi connectivity index (χ0v) is 13.8. The van der Waals surface area contributed by atoms with Gasteiger partial charge < -0.3 is 4.90 Å². The molecule has 1 unspecified atom stereocenters. The average Bonchev–Trinajstić information content (AvgIpc) is 3.02. The van der Waals surface area contributed by atoms with E-state index < -0.39 is 0 Å². The number of fused-ring (bicyclic) bond motifs is 1. The highest BCUT2D eigenvalue weighted by Crippen LogP contribution is 2.41. The lowest BCUT2D eigenvalue weighted by molar-refractivity contribution is 0.461. The Labute approximate surface area is 143 Å². The Morgan fingerprint density at radius 1 is 1.04 bits per heavy atom. The number of hydrogen-bond acceptors (Lipinski definition) is 3. The van der Waals surface area contributed by atoms with E-state index in [0.29, 0.717) is 5.56 Å². The highest BCUT2D eigenvalue weighted by atomic mass is 32.2. The summed E-state index contributed by atoms with van der Waals surface area (Å²) >= 11 is 1.58. The van der Waals surface area contributed by atoms with Gasteiger partial charge in [-0.05, 0) is 35.6 Å². The van der Waals surface area contributed by atoms with Crippen LogP contribution >= 0.6 is 11.8 Å². The van der Waals surface area contributed by atoms with E-state index in [2.05, 4.69) is 9.89 Å². The van der Waals surface area contributed by atoms with Gasteiger partial charge in [0.2, 0.25) is 0 Å². The summed E-state index contributed by atoms with van der Waals surface area (Å²) < 4.78 is 27.9. The van der Waals surface area contributed by atoms with Gasteiger partial charge in [0.1, 0.15) is 11.6 Å². The second kappa shape index (κ2) is 6.40. The van der Waals surface area contributed by atoms with Gasteiger partial charge in [-0.25, -0.2) is 8.78 Å². The summed E-state index contributed by atoms with van der Waals surface area (Å²) in [4.78, 5) is 6.71. The Bertz CT molecular complexity index is 814. The molecule has 4 rings (SSSR count). The van der Waals surface area contributed by atoms with Crippen LogP contribution in [-0.4, -0.2) is 23.2 Å². The molecule has 0 radical (unpaired) electrons. The van der Waals surface area contributed by atoms with Crippen LogP contribution in [0.2, 0.25) is 0 Å². The first-order valence-electron chi connectivity index (χ1n) is 7.92. The predicted octanol–water partition coefficient (Wildman–Crippen LogP) is 4.75. The molecule has 122 valence electrons. The third kappa shape index (κ3) is 2.73. The maximum absolute atomic E-state index is 14.5. The van der Waals surface area contributed by atoms with Gasteiger partial charge in [0, 0.05) is 24.4 Å². The van der Waals surface area contributed by atoms with Crippen LogP contribution in [-0.2, 0) is 0 Å². The van der Waals surface area contributed by atoms with Crippen molar-refractivity contribution < 1.29 is 8.78 Å². The van der Waals surface area contributed by atoms with Crippen LogP contribution in [0, 0.1) is 11.6 Å². The smallest absolute Gasteiger partial charge is 0.167 e. The minimum absolute atomic E-state index is 0.250. The molecule has 2 nitrogen and oxygen atoms in total. The highest BCUT2D eigenvalue weighted by molar-refractivity contribution is 8.16. The number of nitrogens with zero attached hydrogens (tertiary/aromatic N) is 2. The van der Waals surface area contributed by atoms with Crippen molar-refractivity contribution in [2.75, 3.05) is 13.1 Å². The summed E-state index contributed by atoms with van der Waals surface area (Å²) in [7, 11) is 0. The van der Waals surface area contributed by atoms with Crippen LogP contribution in [0.1, 0.15) is 23.5 Å². The molecular formula is C19H16F2N2S. The van der Waals surface area contributed by atoms with Gasteiger partial charge in [0.15, 0.2) is 5.17 Å². The first-order chi connectivity index (χ1) is 11.7. The summed E-state index contributed by atoms with van der Waals surface area (Å²) in [5, 5.41) is 3.02. The van der Waals surface area contributed by atoms with Crippen LogP contribution < -0.4 is 0 Å². The fraction of sp³-hybridized carbons (Fsp3) is 0.211. The van der Waals surface area contributed by atoms with Crippen molar-refractivity contribution in [2.45, 2.75) is 12.3 Å². The molecule has 0 N–H and O–H groups in total. The molecular weight excluding hydrogens is 326 g/mol. The van der Waals surface area contributed by atoms with Crippen molar-refractivity contribution in [3.63, 3.8) is 0 Å². The Hall–Kier alpha value is -2.14. The minimum Gasteiger partial charge on any atom is -0.323 e. The molecule has 2 aromatic carbocycles. The molecule has 2 heterocycles. The van der Waals surface area contributed by atoms with Crippen molar-refractivity contribution in [1.82, 2.24) is 4.90 Å². The molecule has 0 fully saturated rings. The Balaban J connectivity index is 1.82. The molecule has 5 heteroatoms. The molecule has 1 atom stereocenters. The lowest BCUT2D eigenvalue weighted by Crippen LogP contribution is -2.32. The Kier molecular flexibility index (Phi) is 4.10. The van der Waals surface area contributed by atoms with Gasteiger partial charge in [0.05, 0.1) is 5.92 Å². The Morgan fingerprint density at radius 3 is 2.62 bits per heavy atom. The number of halogens is 2. The summed E-state index contributed by atoms with van der Waals surface area (Å²) in [6, 6.07) is 13.1. The highest BCUT2D eigenvalue weighted by Gasteiger charge is 2.33. The van der Waals surface area contributed by atoms with Gasteiger partial charge in [-0.2, -0.15) is 0 Å². The van der Waals surface area contributed by atoms with Gasteiger partial charge in [-0.3, -0.25) is 4.99 Å². The molecule has 0 aromatic heterocycles. The van der Waals surface area contributed by atoms with E-state index in [4.69, 9.17) is 0 Å². The molecule has 2 aliphatic rings. The van der Waals surface area contributed by atoms with Crippen LogP contribution in [0.3, 0.4) is 0 Å². The van der Waals surface area contributed by atoms with Crippen LogP contribution in [0.15, 0.2) is 64.6 Å². The van der Waals surface area contributed by atoms with E-state index >= 15 is 0 Å². The molecule has 0 saturated carbocycles. The summed E-state index contributed by atoms with van der Waals surface area (Å²) in [6.07, 6.45) is 0.981. The number of benzene rings is 2. The van der Waals surface area contributed by atoms with E-state index in [9.17, 15) is 8.78 Å². The Morgan fingerprint density at radius 2 is 1.83 bits per heavy atom. The number of allylic oxidation sites excluding steroid dienone is 1. The van der Waals surface area contributed by atoms with E-state index in [1.54, 1.807) is 36.0 Å². The third-order valence-corrected chi connectivity index (χ3v) is 5.25. The fourth-order valence-electron chi connectivity index (χ4n) is 3.20. The maximum Gasteiger partial charge on any atom is 0.167 e. The number of aliphatic imine (C=N–C) groups is 1. The van der Waals surface area contributed by atoms with Crippen LogP contribution in [0.4, 0.5) is 8.78 Å². The monoisotopic (exact) mass is 342 g/mol. The van der Waals surface area contributed by atoms with Crippen molar-refractivity contribution in [2.24, 2.45) is 4.99 Å². The number of thioether (sulfide) groups is 1. The molecule has 0 spiro atoms. The van der Waals surface area contributed by atoms with Crippen molar-refractivity contribution >= 4 is 16.9 Å². The number of hydrogen-bond donors (Lipinski definition) is 0. The first-order valence-corrected chi connectivity index (χ1v) is 8.80. The molecule has 0 saturated heterocycles. The number of rotatable bonds is 3. The molecule has 0 amide bonds. The fourth-order valence-corrected chi connectivity index (χ4v) is 4.18. The van der Waals surface area contributed by atoms with E-state index in [0.717, 1.165) is 35.9 Å². The lowest BCUT2D eigenvalue weighted by atomic mass is 9.87. The van der Waals surface area contributed by atoms with Gasteiger partial charge >= 0.3 is 0 Å². The topological polar surface area (TPSA) is 15.6 Å². The van der Waals surface area contributed by atoms with Crippen molar-refractivity contribution in [3.8, 4) is 0 Å². The molecule has 2 aromatic rings. The zero-order valence-electron chi connectivity index (χ0n) is 13.0. The summed E-state index contributed by atoms with van der Waals surface area (Å²) in [6.45, 7) is 1.71. The van der Waals surface area contributed by atoms with Crippen LogP contribution in [0.5, 0.6) is 0 Å². The SMILES string of the molecule is Fc1ccc(C(C2=CSC3=NCCCN23)c2ccccc2F)cc1. The molecule has 0 bridgehead atoms. The molecule has 24 heavy (non-hydrogen) atoms. The first kappa shape index (κ1) is 15.4. The van der Waals surface area contributed by atoms with E-state index in [-0.39, 0.29) is 17.6 Å². The lowest BCUT2D eigenvalue weighted by Gasteiger charge is -2.31. The summed E-state index contributed by atoms with van der Waals surface area (Å²) in [5.74, 6) is -0.814. The maximum atomic E-state index is 14.5. The summed E-state index contributed by atoms with van der Waals surface area (Å²) in [5.41, 5.74) is 2.48. The average molecular weight is 342 g/mol. The quantitative estimate of drug-likeness (QED) is 0.800. The second-order valence-corrected chi connectivity index (χ2v) is 6.67. The van der Waals surface area contributed by atoms with Gasteiger partial charge in [-0.15, -0.1) is 0 Å². The normalized spacial score (nSPS) is 18.0. The predicted molar refractivity (Wildman–Crippen MR) is 93.9 cm³/mol. The standard InChI is InChI=1S/C19H16F2N2S/c20-14-8-6-13(7-9-14)18(15-4-1-2-5-16(15)21)17-12-24-19-22-10-3-11-23(17)19/h1-2,4-9,12,18H,3,10-11H2. The molecule has 2 aliphatic heterocycles. The van der Waals surface area contributed by atoms with E-state index in [1.807, 2.05) is 11.5 Å². The zero-order chi connectivity index (χ0) is 16.5. The van der Waals surface area contributed by atoms with Crippen molar-refractivity contribution in [3.05, 3.63) is 82.4 Å². The van der Waals surface area contributed by atoms with Gasteiger partial charge in [0.25, 0.3) is 0 Å². The van der Waals surface area contributed by atoms with E-state index in [1.165, 1.54) is 18.2 Å². The molecule has 0 aliphatic carbocycles. The largest absolute Gasteiger partial charge is 0.323 e. The number of amidine groups is 1. The van der Waals surface area contributed by atoms with Gasteiger partial charge in [-0.1, -0.05) is 42.1 Å². The minimum atomic E-state index is -0.291. The second-order valence-electron chi connectivity index (χ2n) is 5.84. The van der Waals surface area contributed by atoms with Crippen LogP contribution in [0.25, 0.3) is 0 Å². The van der Waals surface area contributed by atoms with Crippen molar-refractivity contribution in [1.29, 1.82) is 0 Å². The third-order valence-electron chi connectivity index (χ3n) is 4.33.